The van der Waals surface area contributed by atoms with Gasteiger partial charge in [0.1, 0.15) is 6.29 Å². The van der Waals surface area contributed by atoms with E-state index in [4.69, 9.17) is 4.74 Å². The van der Waals surface area contributed by atoms with Gasteiger partial charge in [-0.05, 0) is 26.3 Å². The quantitative estimate of drug-likeness (QED) is 0.435. The average Bonchev–Trinajstić information content (AvgIpc) is 2.26. The summed E-state index contributed by atoms with van der Waals surface area (Å²) in [5.74, 6) is 0. The molecule has 0 saturated heterocycles. The lowest BCUT2D eigenvalue weighted by atomic mass is 9.83. The third kappa shape index (κ3) is 5.28. The molecule has 0 unspecified atom stereocenters. The number of nitrogens with zero attached hydrogens (tertiary/aromatic N) is 1. The van der Waals surface area contributed by atoms with Gasteiger partial charge in [0.2, 0.25) is 0 Å². The van der Waals surface area contributed by atoms with Gasteiger partial charge in [0, 0.05) is 32.2 Å². The topological polar surface area (TPSA) is 29.5 Å². The van der Waals surface area contributed by atoms with E-state index in [0.29, 0.717) is 0 Å². The first-order valence-corrected chi connectivity index (χ1v) is 5.78. The molecule has 0 saturated carbocycles. The Labute approximate surface area is 93.8 Å². The lowest BCUT2D eigenvalue weighted by Gasteiger charge is -2.30. The molecule has 0 aliphatic heterocycles. The molecule has 0 aliphatic carbocycles. The highest BCUT2D eigenvalue weighted by atomic mass is 16.5. The summed E-state index contributed by atoms with van der Waals surface area (Å²) in [4.78, 5) is 13.3. The SMILES string of the molecule is CCC(C=O)(CC)CN(C)CCCOC. The van der Waals surface area contributed by atoms with Crippen molar-refractivity contribution in [1.82, 2.24) is 4.90 Å². The van der Waals surface area contributed by atoms with Crippen LogP contribution in [0.3, 0.4) is 0 Å². The molecule has 0 bridgehead atoms. The van der Waals surface area contributed by atoms with Gasteiger partial charge in [-0.3, -0.25) is 0 Å². The van der Waals surface area contributed by atoms with Crippen LogP contribution in [0.5, 0.6) is 0 Å². The van der Waals surface area contributed by atoms with Gasteiger partial charge in [0.25, 0.3) is 0 Å². The van der Waals surface area contributed by atoms with Crippen molar-refractivity contribution in [3.8, 4) is 0 Å². The van der Waals surface area contributed by atoms with Gasteiger partial charge >= 0.3 is 0 Å². The first kappa shape index (κ1) is 14.6. The van der Waals surface area contributed by atoms with E-state index >= 15 is 0 Å². The fraction of sp³-hybridized carbons (Fsp3) is 0.917. The monoisotopic (exact) mass is 215 g/mol. The summed E-state index contributed by atoms with van der Waals surface area (Å²) in [6.45, 7) is 6.80. The zero-order chi connectivity index (χ0) is 11.7. The number of methoxy groups -OCH3 is 1. The number of ether oxygens (including phenoxy) is 1. The molecule has 15 heavy (non-hydrogen) atoms. The number of hydrogen-bond donors (Lipinski definition) is 0. The number of aldehydes is 1. The summed E-state index contributed by atoms with van der Waals surface area (Å²) >= 11 is 0. The van der Waals surface area contributed by atoms with Gasteiger partial charge in [0.05, 0.1) is 0 Å². The molecule has 0 aromatic carbocycles. The van der Waals surface area contributed by atoms with Crippen molar-refractivity contribution < 1.29 is 9.53 Å². The number of rotatable bonds is 9. The largest absolute Gasteiger partial charge is 0.385 e. The van der Waals surface area contributed by atoms with E-state index in [9.17, 15) is 4.79 Å². The third-order valence-electron chi connectivity index (χ3n) is 3.13. The molecular weight excluding hydrogens is 190 g/mol. The van der Waals surface area contributed by atoms with Gasteiger partial charge in [-0.1, -0.05) is 13.8 Å². The molecule has 3 nitrogen and oxygen atoms in total. The summed E-state index contributed by atoms with van der Waals surface area (Å²) in [5, 5.41) is 0. The molecule has 90 valence electrons. The molecule has 0 radical (unpaired) electrons. The van der Waals surface area contributed by atoms with Crippen LogP contribution in [0.1, 0.15) is 33.1 Å². The normalized spacial score (nSPS) is 12.1. The van der Waals surface area contributed by atoms with Crippen LogP contribution in [0, 0.1) is 5.41 Å². The lowest BCUT2D eigenvalue weighted by Crippen LogP contribution is -2.36. The van der Waals surface area contributed by atoms with E-state index in [0.717, 1.165) is 45.2 Å². The zero-order valence-electron chi connectivity index (χ0n) is 10.6. The summed E-state index contributed by atoms with van der Waals surface area (Å²) in [5.41, 5.74) is -0.151. The van der Waals surface area contributed by atoms with Crippen molar-refractivity contribution in [2.75, 3.05) is 33.9 Å². The summed E-state index contributed by atoms with van der Waals surface area (Å²) in [6, 6.07) is 0. The minimum Gasteiger partial charge on any atom is -0.385 e. The maximum absolute atomic E-state index is 11.1. The van der Waals surface area contributed by atoms with E-state index in [1.54, 1.807) is 7.11 Å². The smallest absolute Gasteiger partial charge is 0.127 e. The van der Waals surface area contributed by atoms with Crippen molar-refractivity contribution in [3.05, 3.63) is 0 Å². The Morgan fingerprint density at radius 3 is 2.33 bits per heavy atom. The maximum Gasteiger partial charge on any atom is 0.127 e. The summed E-state index contributed by atoms with van der Waals surface area (Å²) in [7, 11) is 3.78. The third-order valence-corrected chi connectivity index (χ3v) is 3.13. The molecule has 0 rings (SSSR count). The number of carbonyl (C=O) groups excluding carboxylic acids is 1. The molecule has 0 spiro atoms. The Bertz CT molecular complexity index is 167. The van der Waals surface area contributed by atoms with Gasteiger partial charge in [-0.15, -0.1) is 0 Å². The van der Waals surface area contributed by atoms with Crippen molar-refractivity contribution in [3.63, 3.8) is 0 Å². The minimum absolute atomic E-state index is 0.151. The summed E-state index contributed by atoms with van der Waals surface area (Å²) < 4.78 is 5.01. The zero-order valence-corrected chi connectivity index (χ0v) is 10.6. The van der Waals surface area contributed by atoms with Crippen molar-refractivity contribution in [1.29, 1.82) is 0 Å². The average molecular weight is 215 g/mol. The van der Waals surface area contributed by atoms with Crippen molar-refractivity contribution in [2.24, 2.45) is 5.41 Å². The molecule has 3 heteroatoms. The first-order valence-electron chi connectivity index (χ1n) is 5.78. The Morgan fingerprint density at radius 2 is 1.93 bits per heavy atom. The predicted octanol–water partition coefficient (Wildman–Crippen LogP) is 1.96. The Balaban J connectivity index is 3.99. The first-order chi connectivity index (χ1) is 7.14. The van der Waals surface area contributed by atoms with Crippen LogP contribution in [0.15, 0.2) is 0 Å². The molecule has 0 aromatic heterocycles. The molecular formula is C12H25NO2. The van der Waals surface area contributed by atoms with Crippen LogP contribution >= 0.6 is 0 Å². The number of hydrogen-bond acceptors (Lipinski definition) is 3. The van der Waals surface area contributed by atoms with Crippen LogP contribution in [-0.2, 0) is 9.53 Å². The molecule has 0 fully saturated rings. The second-order valence-electron chi connectivity index (χ2n) is 4.27. The van der Waals surface area contributed by atoms with Gasteiger partial charge in [0.15, 0.2) is 0 Å². The fourth-order valence-electron chi connectivity index (χ4n) is 1.77. The van der Waals surface area contributed by atoms with Crippen LogP contribution < -0.4 is 0 Å². The Kier molecular flexibility index (Phi) is 7.61. The Morgan fingerprint density at radius 1 is 1.33 bits per heavy atom. The van der Waals surface area contributed by atoms with E-state index in [1.165, 1.54) is 0 Å². The van der Waals surface area contributed by atoms with Gasteiger partial charge in [-0.2, -0.15) is 0 Å². The van der Waals surface area contributed by atoms with Crippen LogP contribution in [0.25, 0.3) is 0 Å². The second-order valence-corrected chi connectivity index (χ2v) is 4.27. The van der Waals surface area contributed by atoms with Gasteiger partial charge in [-0.25, -0.2) is 0 Å². The molecule has 0 amide bonds. The summed E-state index contributed by atoms with van der Waals surface area (Å²) in [6.07, 6.45) is 3.98. The maximum atomic E-state index is 11.1. The van der Waals surface area contributed by atoms with E-state index in [-0.39, 0.29) is 5.41 Å². The molecule has 0 N–H and O–H groups in total. The fourth-order valence-corrected chi connectivity index (χ4v) is 1.77. The van der Waals surface area contributed by atoms with E-state index < -0.39 is 0 Å². The Hall–Kier alpha value is -0.410. The highest BCUT2D eigenvalue weighted by molar-refractivity contribution is 5.59. The van der Waals surface area contributed by atoms with Crippen LogP contribution in [0.4, 0.5) is 0 Å². The molecule has 0 atom stereocenters. The molecule has 0 aromatic rings. The minimum atomic E-state index is -0.151. The standard InChI is InChI=1S/C12H25NO2/c1-5-12(6-2,11-14)10-13(3)8-7-9-15-4/h11H,5-10H2,1-4H3. The highest BCUT2D eigenvalue weighted by Gasteiger charge is 2.26. The van der Waals surface area contributed by atoms with Gasteiger partial charge < -0.3 is 14.4 Å². The van der Waals surface area contributed by atoms with E-state index in [1.807, 2.05) is 0 Å². The number of carbonyl (C=O) groups is 1. The molecule has 0 aliphatic rings. The predicted molar refractivity (Wildman–Crippen MR) is 63.1 cm³/mol. The van der Waals surface area contributed by atoms with Crippen molar-refractivity contribution >= 4 is 6.29 Å². The second kappa shape index (κ2) is 7.83. The van der Waals surface area contributed by atoms with E-state index in [2.05, 4.69) is 25.8 Å². The molecule has 0 heterocycles. The highest BCUT2D eigenvalue weighted by Crippen LogP contribution is 2.24. The lowest BCUT2D eigenvalue weighted by molar-refractivity contribution is -0.117. The van der Waals surface area contributed by atoms with Crippen molar-refractivity contribution in [2.45, 2.75) is 33.1 Å². The van der Waals surface area contributed by atoms with Crippen LogP contribution in [-0.4, -0.2) is 45.0 Å². The van der Waals surface area contributed by atoms with Crippen LogP contribution in [0.2, 0.25) is 0 Å².